The maximum Gasteiger partial charge on any atom is 0.231 e. The van der Waals surface area contributed by atoms with Crippen molar-refractivity contribution >= 4 is 12.4 Å². The van der Waals surface area contributed by atoms with Gasteiger partial charge in [-0.05, 0) is 42.2 Å². The predicted molar refractivity (Wildman–Crippen MR) is 66.1 cm³/mol. The molecule has 0 fully saturated rings. The van der Waals surface area contributed by atoms with E-state index in [1.807, 2.05) is 24.3 Å². The van der Waals surface area contributed by atoms with Gasteiger partial charge in [0.2, 0.25) is 6.79 Å². The lowest BCUT2D eigenvalue weighted by atomic mass is 10.1. The molecular weight excluding hydrogens is 216 g/mol. The van der Waals surface area contributed by atoms with E-state index in [-0.39, 0.29) is 6.79 Å². The summed E-state index contributed by atoms with van der Waals surface area (Å²) in [6.45, 7) is 2.39. The van der Waals surface area contributed by atoms with Crippen LogP contribution in [0.5, 0.6) is 11.5 Å². The molecule has 1 aliphatic heterocycles. The van der Waals surface area contributed by atoms with Crippen LogP contribution in [0.1, 0.15) is 31.7 Å². The number of carbonyl (C=O) groups is 1. The molecule has 0 aromatic heterocycles. The van der Waals surface area contributed by atoms with Crippen molar-refractivity contribution in [3.63, 3.8) is 0 Å². The highest BCUT2D eigenvalue weighted by atomic mass is 16.7. The lowest BCUT2D eigenvalue weighted by Gasteiger charge is -2.01. The number of carbonyl (C=O) groups excluding carboxylic acids is 1. The van der Waals surface area contributed by atoms with E-state index < -0.39 is 0 Å². The van der Waals surface area contributed by atoms with E-state index in [0.717, 1.165) is 48.2 Å². The molecule has 90 valence electrons. The van der Waals surface area contributed by atoms with E-state index in [1.165, 1.54) is 0 Å². The fraction of sp³-hybridized carbons (Fsp3) is 0.357. The Morgan fingerprint density at radius 1 is 1.35 bits per heavy atom. The average molecular weight is 232 g/mol. The molecule has 0 unspecified atom stereocenters. The zero-order valence-electron chi connectivity index (χ0n) is 9.94. The maximum absolute atomic E-state index is 10.9. The molecule has 0 saturated heterocycles. The lowest BCUT2D eigenvalue weighted by Crippen LogP contribution is -1.92. The minimum Gasteiger partial charge on any atom is -0.454 e. The van der Waals surface area contributed by atoms with Crippen molar-refractivity contribution in [3.05, 3.63) is 29.3 Å². The summed E-state index contributed by atoms with van der Waals surface area (Å²) in [7, 11) is 0. The summed E-state index contributed by atoms with van der Waals surface area (Å²) in [5.41, 5.74) is 1.80. The van der Waals surface area contributed by atoms with E-state index in [0.29, 0.717) is 0 Å². The van der Waals surface area contributed by atoms with Gasteiger partial charge in [-0.15, -0.1) is 0 Å². The molecule has 0 N–H and O–H groups in total. The Hall–Kier alpha value is -1.77. The Morgan fingerprint density at radius 3 is 2.94 bits per heavy atom. The number of fused-ring (bicyclic) bond motifs is 1. The fourth-order valence-electron chi connectivity index (χ4n) is 1.76. The first-order chi connectivity index (χ1) is 8.33. The van der Waals surface area contributed by atoms with Gasteiger partial charge in [-0.1, -0.05) is 19.4 Å². The van der Waals surface area contributed by atoms with E-state index in [9.17, 15) is 4.79 Å². The molecule has 0 saturated carbocycles. The summed E-state index contributed by atoms with van der Waals surface area (Å²) in [5.74, 6) is 1.52. The van der Waals surface area contributed by atoms with Gasteiger partial charge >= 0.3 is 0 Å². The van der Waals surface area contributed by atoms with E-state index >= 15 is 0 Å². The summed E-state index contributed by atoms with van der Waals surface area (Å²) >= 11 is 0. The molecule has 2 rings (SSSR count). The quantitative estimate of drug-likeness (QED) is 0.577. The third-order valence-electron chi connectivity index (χ3n) is 2.72. The molecule has 0 spiro atoms. The average Bonchev–Trinajstić information content (AvgIpc) is 2.81. The summed E-state index contributed by atoms with van der Waals surface area (Å²) in [6, 6.07) is 5.71. The smallest absolute Gasteiger partial charge is 0.231 e. The molecule has 1 aromatic carbocycles. The number of rotatable bonds is 5. The molecule has 1 aliphatic rings. The Kier molecular flexibility index (Phi) is 3.81. The number of ether oxygens (including phenoxy) is 2. The van der Waals surface area contributed by atoms with Crippen LogP contribution in [-0.4, -0.2) is 13.1 Å². The summed E-state index contributed by atoms with van der Waals surface area (Å²) in [5, 5.41) is 0. The second-order valence-electron chi connectivity index (χ2n) is 4.05. The molecule has 0 bridgehead atoms. The number of aldehydes is 1. The van der Waals surface area contributed by atoms with E-state index in [4.69, 9.17) is 9.47 Å². The zero-order chi connectivity index (χ0) is 12.1. The molecule has 17 heavy (non-hydrogen) atoms. The Labute approximate surface area is 101 Å². The fourth-order valence-corrected chi connectivity index (χ4v) is 1.76. The maximum atomic E-state index is 10.9. The summed E-state index contributed by atoms with van der Waals surface area (Å²) in [4.78, 5) is 10.9. The molecule has 1 aromatic rings. The lowest BCUT2D eigenvalue weighted by molar-refractivity contribution is -0.105. The molecule has 0 amide bonds. The largest absolute Gasteiger partial charge is 0.454 e. The molecule has 0 aliphatic carbocycles. The molecule has 3 heteroatoms. The van der Waals surface area contributed by atoms with Gasteiger partial charge in [0.1, 0.15) is 6.29 Å². The highest BCUT2D eigenvalue weighted by Gasteiger charge is 2.12. The van der Waals surface area contributed by atoms with Gasteiger partial charge in [-0.3, -0.25) is 4.79 Å². The minimum absolute atomic E-state index is 0.277. The molecule has 0 atom stereocenters. The number of benzene rings is 1. The number of hydrogen-bond donors (Lipinski definition) is 0. The van der Waals surface area contributed by atoms with Gasteiger partial charge in [0, 0.05) is 0 Å². The van der Waals surface area contributed by atoms with Gasteiger partial charge in [0.15, 0.2) is 11.5 Å². The van der Waals surface area contributed by atoms with Gasteiger partial charge in [-0.2, -0.15) is 0 Å². The third-order valence-corrected chi connectivity index (χ3v) is 2.72. The Bertz CT molecular complexity index is 435. The van der Waals surface area contributed by atoms with Crippen LogP contribution >= 0.6 is 0 Å². The first kappa shape index (κ1) is 11.7. The van der Waals surface area contributed by atoms with Crippen molar-refractivity contribution in [1.82, 2.24) is 0 Å². The second kappa shape index (κ2) is 5.53. The normalized spacial score (nSPS) is 13.8. The monoisotopic (exact) mass is 232 g/mol. The van der Waals surface area contributed by atoms with Gasteiger partial charge in [0.25, 0.3) is 0 Å². The standard InChI is InChI=1S/C14H16O3/c1-2-3-4-12(9-15)7-11-5-6-13-14(8-11)17-10-16-13/h5-9H,2-4,10H2,1H3. The van der Waals surface area contributed by atoms with Crippen LogP contribution in [-0.2, 0) is 4.79 Å². The highest BCUT2D eigenvalue weighted by Crippen LogP contribution is 2.33. The van der Waals surface area contributed by atoms with Crippen LogP contribution in [0.3, 0.4) is 0 Å². The van der Waals surface area contributed by atoms with Crippen LogP contribution in [0.4, 0.5) is 0 Å². The minimum atomic E-state index is 0.277. The van der Waals surface area contributed by atoms with Gasteiger partial charge < -0.3 is 9.47 Å². The second-order valence-corrected chi connectivity index (χ2v) is 4.05. The van der Waals surface area contributed by atoms with Crippen molar-refractivity contribution in [2.45, 2.75) is 26.2 Å². The van der Waals surface area contributed by atoms with Crippen LogP contribution in [0, 0.1) is 0 Å². The van der Waals surface area contributed by atoms with Crippen molar-refractivity contribution in [2.24, 2.45) is 0 Å². The van der Waals surface area contributed by atoms with Crippen LogP contribution in [0.2, 0.25) is 0 Å². The molecular formula is C14H16O3. The topological polar surface area (TPSA) is 35.5 Å². The Balaban J connectivity index is 2.16. The summed E-state index contributed by atoms with van der Waals surface area (Å²) < 4.78 is 10.5. The molecule has 3 nitrogen and oxygen atoms in total. The first-order valence-electron chi connectivity index (χ1n) is 5.89. The number of unbranched alkanes of at least 4 members (excludes halogenated alkanes) is 1. The predicted octanol–water partition coefficient (Wildman–Crippen LogP) is 3.19. The summed E-state index contributed by atoms with van der Waals surface area (Å²) in [6.07, 6.45) is 5.79. The van der Waals surface area contributed by atoms with Crippen molar-refractivity contribution in [3.8, 4) is 11.5 Å². The number of allylic oxidation sites excluding steroid dienone is 1. The van der Waals surface area contributed by atoms with E-state index in [2.05, 4.69) is 6.92 Å². The van der Waals surface area contributed by atoms with Crippen LogP contribution in [0.25, 0.3) is 6.08 Å². The molecule has 1 heterocycles. The van der Waals surface area contributed by atoms with Crippen LogP contribution < -0.4 is 9.47 Å². The van der Waals surface area contributed by atoms with Crippen molar-refractivity contribution < 1.29 is 14.3 Å². The third kappa shape index (κ3) is 2.87. The Morgan fingerprint density at radius 2 is 2.18 bits per heavy atom. The number of hydrogen-bond acceptors (Lipinski definition) is 3. The molecule has 0 radical (unpaired) electrons. The highest BCUT2D eigenvalue weighted by molar-refractivity contribution is 5.81. The van der Waals surface area contributed by atoms with Gasteiger partial charge in [-0.25, -0.2) is 0 Å². The van der Waals surface area contributed by atoms with E-state index in [1.54, 1.807) is 0 Å². The van der Waals surface area contributed by atoms with Gasteiger partial charge in [0.05, 0.1) is 0 Å². The first-order valence-corrected chi connectivity index (χ1v) is 5.89. The van der Waals surface area contributed by atoms with Crippen molar-refractivity contribution in [2.75, 3.05) is 6.79 Å². The van der Waals surface area contributed by atoms with Crippen LogP contribution in [0.15, 0.2) is 23.8 Å². The SMILES string of the molecule is CCCCC(C=O)=Cc1ccc2c(c1)OCO2. The zero-order valence-corrected chi connectivity index (χ0v) is 9.94. The van der Waals surface area contributed by atoms with Crippen molar-refractivity contribution in [1.29, 1.82) is 0 Å².